The molecule has 0 amide bonds. The molecule has 2 heterocycles. The lowest BCUT2D eigenvalue weighted by atomic mass is 9.75. The molecule has 1 saturated heterocycles. The van der Waals surface area contributed by atoms with Crippen molar-refractivity contribution in [2.45, 2.75) is 38.1 Å². The van der Waals surface area contributed by atoms with Crippen LogP contribution in [0.2, 0.25) is 0 Å². The second-order valence-electron chi connectivity index (χ2n) is 7.16. The molecule has 0 saturated carbocycles. The largest absolute Gasteiger partial charge is 0.361 e. The highest BCUT2D eigenvalue weighted by atomic mass is 32.2. The van der Waals surface area contributed by atoms with Crippen LogP contribution in [0.25, 0.3) is 10.9 Å². The van der Waals surface area contributed by atoms with Gasteiger partial charge in [-0.25, -0.2) is 0 Å². The number of rotatable bonds is 4. The van der Waals surface area contributed by atoms with E-state index in [2.05, 4.69) is 47.5 Å². The molecule has 2 aliphatic rings. The van der Waals surface area contributed by atoms with Crippen molar-refractivity contribution >= 4 is 22.7 Å². The summed E-state index contributed by atoms with van der Waals surface area (Å²) < 4.78 is 0. The number of H-pyrrole nitrogens is 1. The zero-order valence-corrected chi connectivity index (χ0v) is 14.5. The maximum absolute atomic E-state index is 3.48. The van der Waals surface area contributed by atoms with Gasteiger partial charge in [0.15, 0.2) is 0 Å². The molecule has 3 atom stereocenters. The molecule has 2 aromatic rings. The number of piperidine rings is 1. The molecule has 1 fully saturated rings. The number of nitrogens with zero attached hydrogens (tertiary/aromatic N) is 1. The number of thioether (sulfide) groups is 1. The summed E-state index contributed by atoms with van der Waals surface area (Å²) in [5.74, 6) is 2.80. The first-order valence-corrected chi connectivity index (χ1v) is 9.99. The van der Waals surface area contributed by atoms with Gasteiger partial charge >= 0.3 is 0 Å². The minimum Gasteiger partial charge on any atom is -0.361 e. The molecule has 0 spiro atoms. The van der Waals surface area contributed by atoms with Crippen LogP contribution in [0.3, 0.4) is 0 Å². The number of hydrogen-bond acceptors (Lipinski definition) is 2. The summed E-state index contributed by atoms with van der Waals surface area (Å²) in [4.78, 5) is 6.28. The van der Waals surface area contributed by atoms with E-state index in [1.54, 1.807) is 5.56 Å². The Morgan fingerprint density at radius 2 is 2.32 bits per heavy atom. The lowest BCUT2D eigenvalue weighted by Crippen LogP contribution is -2.48. The standard InChI is InChI=1S/C19H26N2S/c1-13(12-22-2)11-21-8-4-6-15-16-5-3-7-17-19(16)14(10-20-17)9-18(15)21/h3,5,7,10,13,15,18,20H,4,6,8-9,11-12H2,1-2H3/t13?,15-,18-/m1/s1. The zero-order valence-electron chi connectivity index (χ0n) is 13.6. The quantitative estimate of drug-likeness (QED) is 0.909. The first-order chi connectivity index (χ1) is 10.8. The molecule has 0 bridgehead atoms. The summed E-state index contributed by atoms with van der Waals surface area (Å²) in [6.07, 6.45) is 8.42. The molecular formula is C19H26N2S. The average molecular weight is 314 g/mol. The van der Waals surface area contributed by atoms with Gasteiger partial charge in [-0.2, -0.15) is 11.8 Å². The fraction of sp³-hybridized carbons (Fsp3) is 0.579. The van der Waals surface area contributed by atoms with Gasteiger partial charge in [-0.15, -0.1) is 0 Å². The molecule has 2 nitrogen and oxygen atoms in total. The fourth-order valence-electron chi connectivity index (χ4n) is 4.71. The second kappa shape index (κ2) is 5.93. The molecule has 4 rings (SSSR count). The van der Waals surface area contributed by atoms with Gasteiger partial charge in [0.25, 0.3) is 0 Å². The van der Waals surface area contributed by atoms with Crippen LogP contribution in [0.5, 0.6) is 0 Å². The lowest BCUT2D eigenvalue weighted by molar-refractivity contribution is 0.111. The van der Waals surface area contributed by atoms with Gasteiger partial charge in [0.05, 0.1) is 0 Å². The van der Waals surface area contributed by atoms with Crippen molar-refractivity contribution in [3.05, 3.63) is 35.5 Å². The van der Waals surface area contributed by atoms with Crippen LogP contribution in [0, 0.1) is 5.92 Å². The van der Waals surface area contributed by atoms with Crippen LogP contribution in [-0.2, 0) is 6.42 Å². The molecule has 22 heavy (non-hydrogen) atoms. The minimum absolute atomic E-state index is 0.715. The summed E-state index contributed by atoms with van der Waals surface area (Å²) >= 11 is 1.98. The molecule has 118 valence electrons. The number of aromatic amines is 1. The van der Waals surface area contributed by atoms with Crippen LogP contribution < -0.4 is 0 Å². The Bertz CT molecular complexity index is 662. The van der Waals surface area contributed by atoms with Gasteiger partial charge < -0.3 is 4.98 Å². The highest BCUT2D eigenvalue weighted by Crippen LogP contribution is 2.43. The van der Waals surface area contributed by atoms with Crippen molar-refractivity contribution in [1.82, 2.24) is 9.88 Å². The van der Waals surface area contributed by atoms with E-state index in [9.17, 15) is 0 Å². The van der Waals surface area contributed by atoms with Crippen LogP contribution in [0.4, 0.5) is 0 Å². The number of aromatic nitrogens is 1. The van der Waals surface area contributed by atoms with E-state index in [-0.39, 0.29) is 0 Å². The average Bonchev–Trinajstić information content (AvgIpc) is 2.93. The van der Waals surface area contributed by atoms with E-state index in [1.807, 2.05) is 11.8 Å². The summed E-state index contributed by atoms with van der Waals surface area (Å²) in [6.45, 7) is 4.96. The minimum atomic E-state index is 0.715. The summed E-state index contributed by atoms with van der Waals surface area (Å²) in [5.41, 5.74) is 4.47. The van der Waals surface area contributed by atoms with Crippen LogP contribution in [0.1, 0.15) is 36.8 Å². The Morgan fingerprint density at radius 1 is 1.41 bits per heavy atom. The van der Waals surface area contributed by atoms with Gasteiger partial charge in [-0.1, -0.05) is 19.1 Å². The zero-order chi connectivity index (χ0) is 15.1. The third-order valence-corrected chi connectivity index (χ3v) is 6.44. The van der Waals surface area contributed by atoms with Crippen molar-refractivity contribution in [1.29, 1.82) is 0 Å². The Labute approximate surface area is 137 Å². The third-order valence-electron chi connectivity index (χ3n) is 5.54. The fourth-order valence-corrected chi connectivity index (χ4v) is 5.38. The van der Waals surface area contributed by atoms with E-state index in [0.29, 0.717) is 6.04 Å². The van der Waals surface area contributed by atoms with Gasteiger partial charge in [0, 0.05) is 35.6 Å². The number of fused-ring (bicyclic) bond motifs is 2. The van der Waals surface area contributed by atoms with E-state index >= 15 is 0 Å². The second-order valence-corrected chi connectivity index (χ2v) is 8.07. The van der Waals surface area contributed by atoms with Crippen molar-refractivity contribution in [3.63, 3.8) is 0 Å². The SMILES string of the molecule is CSCC(C)CN1CCC[C@@H]2c3cccc4[nH]cc(c34)C[C@H]21. The first-order valence-electron chi connectivity index (χ1n) is 8.59. The number of benzene rings is 1. The topological polar surface area (TPSA) is 19.0 Å². The highest BCUT2D eigenvalue weighted by molar-refractivity contribution is 7.98. The van der Waals surface area contributed by atoms with Gasteiger partial charge in [0.1, 0.15) is 0 Å². The Balaban J connectivity index is 1.65. The van der Waals surface area contributed by atoms with Gasteiger partial charge in [0.2, 0.25) is 0 Å². The van der Waals surface area contributed by atoms with Gasteiger partial charge in [-0.05, 0) is 60.9 Å². The molecular weight excluding hydrogens is 288 g/mol. The van der Waals surface area contributed by atoms with Crippen molar-refractivity contribution < 1.29 is 0 Å². The number of likely N-dealkylation sites (tertiary alicyclic amines) is 1. The maximum Gasteiger partial charge on any atom is 0.0459 e. The molecule has 0 radical (unpaired) electrons. The third kappa shape index (κ3) is 2.39. The van der Waals surface area contributed by atoms with Crippen LogP contribution in [-0.4, -0.2) is 41.0 Å². The predicted octanol–water partition coefficient (Wildman–Crippen LogP) is 4.27. The Morgan fingerprint density at radius 3 is 3.18 bits per heavy atom. The smallest absolute Gasteiger partial charge is 0.0459 e. The summed E-state index contributed by atoms with van der Waals surface area (Å²) in [6, 6.07) is 7.55. The van der Waals surface area contributed by atoms with Crippen molar-refractivity contribution in [2.75, 3.05) is 25.1 Å². The molecule has 1 N–H and O–H groups in total. The molecule has 1 unspecified atom stereocenters. The number of nitrogens with one attached hydrogen (secondary N) is 1. The van der Waals surface area contributed by atoms with E-state index < -0.39 is 0 Å². The molecule has 1 aliphatic carbocycles. The number of hydrogen-bond donors (Lipinski definition) is 1. The van der Waals surface area contributed by atoms with Gasteiger partial charge in [-0.3, -0.25) is 4.90 Å². The molecule has 1 aromatic carbocycles. The summed E-state index contributed by atoms with van der Waals surface area (Å²) in [5, 5.41) is 1.53. The maximum atomic E-state index is 3.48. The Hall–Kier alpha value is -0.930. The lowest BCUT2D eigenvalue weighted by Gasteiger charge is -2.45. The van der Waals surface area contributed by atoms with E-state index in [1.165, 1.54) is 54.6 Å². The van der Waals surface area contributed by atoms with Crippen LogP contribution in [0.15, 0.2) is 24.4 Å². The van der Waals surface area contributed by atoms with Crippen molar-refractivity contribution in [2.24, 2.45) is 5.92 Å². The summed E-state index contributed by atoms with van der Waals surface area (Å²) in [7, 11) is 0. The molecule has 1 aliphatic heterocycles. The van der Waals surface area contributed by atoms with Crippen LogP contribution >= 0.6 is 11.8 Å². The predicted molar refractivity (Wildman–Crippen MR) is 96.9 cm³/mol. The molecule has 1 aromatic heterocycles. The van der Waals surface area contributed by atoms with E-state index in [0.717, 1.165) is 11.8 Å². The molecule has 3 heteroatoms. The first kappa shape index (κ1) is 14.6. The Kier molecular flexibility index (Phi) is 3.95. The van der Waals surface area contributed by atoms with E-state index in [4.69, 9.17) is 0 Å². The highest BCUT2D eigenvalue weighted by Gasteiger charge is 2.37. The van der Waals surface area contributed by atoms with Crippen molar-refractivity contribution in [3.8, 4) is 0 Å². The normalized spacial score (nSPS) is 26.1. The monoisotopic (exact) mass is 314 g/mol.